The molecule has 10 atom stereocenters. The zero-order valence-corrected chi connectivity index (χ0v) is 23.5. The quantitative estimate of drug-likeness (QED) is 0.443. The van der Waals surface area contributed by atoms with Crippen molar-refractivity contribution in [2.75, 3.05) is 20.3 Å². The summed E-state index contributed by atoms with van der Waals surface area (Å²) in [6.45, 7) is 14.9. The van der Waals surface area contributed by atoms with Crippen LogP contribution in [-0.4, -0.2) is 47.9 Å². The molecule has 4 saturated carbocycles. The Hall–Kier alpha value is -0.420. The Morgan fingerprint density at radius 2 is 1.57 bits per heavy atom. The van der Waals surface area contributed by atoms with Gasteiger partial charge in [0.1, 0.15) is 0 Å². The second-order valence-corrected chi connectivity index (χ2v) is 15.3. The first-order valence-corrected chi connectivity index (χ1v) is 14.4. The van der Waals surface area contributed by atoms with Gasteiger partial charge in [-0.05, 0) is 91.3 Å². The predicted molar refractivity (Wildman–Crippen MR) is 140 cm³/mol. The van der Waals surface area contributed by atoms with E-state index in [1.54, 1.807) is 5.57 Å². The Balaban J connectivity index is 1.65. The van der Waals surface area contributed by atoms with Crippen LogP contribution >= 0.6 is 0 Å². The lowest BCUT2D eigenvalue weighted by molar-refractivity contribution is -0.238. The fraction of sp³-hybridized carbons (Fsp3) is 0.935. The Labute approximate surface area is 213 Å². The molecule has 3 N–H and O–H groups in total. The van der Waals surface area contributed by atoms with E-state index in [2.05, 4.69) is 47.6 Å². The number of hydrogen-bond acceptors (Lipinski definition) is 4. The van der Waals surface area contributed by atoms with E-state index in [1.165, 1.54) is 6.42 Å². The molecule has 0 bridgehead atoms. The molecule has 4 fully saturated rings. The monoisotopic (exact) mass is 488 g/mol. The van der Waals surface area contributed by atoms with E-state index in [-0.39, 0.29) is 40.3 Å². The lowest BCUT2D eigenvalue weighted by Gasteiger charge is -2.72. The first kappa shape index (κ1) is 26.2. The molecule has 4 heteroatoms. The first-order valence-electron chi connectivity index (χ1n) is 14.4. The molecule has 0 aromatic heterocycles. The minimum Gasteiger partial charge on any atom is -0.396 e. The van der Waals surface area contributed by atoms with Crippen molar-refractivity contribution in [3.63, 3.8) is 0 Å². The molecule has 5 aliphatic rings. The number of methoxy groups -OCH3 is 1. The molecule has 0 amide bonds. The van der Waals surface area contributed by atoms with Gasteiger partial charge in [-0.3, -0.25) is 0 Å². The largest absolute Gasteiger partial charge is 0.396 e. The van der Waals surface area contributed by atoms with E-state index < -0.39 is 11.5 Å². The van der Waals surface area contributed by atoms with Crippen LogP contribution in [0.4, 0.5) is 0 Å². The summed E-state index contributed by atoms with van der Waals surface area (Å²) < 4.78 is 6.40. The molecular weight excluding hydrogens is 436 g/mol. The molecule has 10 unspecified atom stereocenters. The fourth-order valence-electron chi connectivity index (χ4n) is 10.9. The van der Waals surface area contributed by atoms with Crippen LogP contribution in [0.2, 0.25) is 0 Å². The van der Waals surface area contributed by atoms with Gasteiger partial charge in [0.15, 0.2) is 0 Å². The van der Waals surface area contributed by atoms with Crippen molar-refractivity contribution in [3.8, 4) is 0 Å². The highest BCUT2D eigenvalue weighted by molar-refractivity contribution is 5.36. The van der Waals surface area contributed by atoms with E-state index in [4.69, 9.17) is 4.74 Å². The van der Waals surface area contributed by atoms with Crippen molar-refractivity contribution in [2.24, 2.45) is 50.2 Å². The third-order valence-electron chi connectivity index (χ3n) is 13.5. The number of ether oxygens (including phenoxy) is 1. The molecule has 0 spiro atoms. The van der Waals surface area contributed by atoms with Gasteiger partial charge in [0, 0.05) is 30.5 Å². The lowest BCUT2D eigenvalue weighted by atomic mass is 9.33. The molecule has 0 aliphatic heterocycles. The molecular formula is C31H52O4. The highest BCUT2D eigenvalue weighted by Gasteiger charge is 2.70. The van der Waals surface area contributed by atoms with Crippen LogP contribution < -0.4 is 0 Å². The van der Waals surface area contributed by atoms with Crippen molar-refractivity contribution in [2.45, 2.75) is 112 Å². The number of allylic oxidation sites excluding steroid dienone is 1. The summed E-state index contributed by atoms with van der Waals surface area (Å²) in [4.78, 5) is 0. The van der Waals surface area contributed by atoms with Gasteiger partial charge in [-0.2, -0.15) is 0 Å². The molecule has 35 heavy (non-hydrogen) atoms. The number of hydrogen-bond donors (Lipinski definition) is 3. The molecule has 5 aliphatic carbocycles. The van der Waals surface area contributed by atoms with Gasteiger partial charge in [0.25, 0.3) is 0 Å². The molecule has 0 saturated heterocycles. The molecule has 0 heterocycles. The molecule has 0 aromatic rings. The van der Waals surface area contributed by atoms with E-state index in [9.17, 15) is 15.3 Å². The SMILES string of the molecule is COC1C=C2C3CC(C)(C)CCC3(CO)CCC2(C)C2(C)CCC3C(C)(CO)C(O)CCC3(C)C12. The maximum absolute atomic E-state index is 11.0. The smallest absolute Gasteiger partial charge is 0.0793 e. The first-order chi connectivity index (χ1) is 16.3. The average Bonchev–Trinajstić information content (AvgIpc) is 2.81. The maximum atomic E-state index is 11.0. The van der Waals surface area contributed by atoms with Crippen molar-refractivity contribution in [1.29, 1.82) is 0 Å². The van der Waals surface area contributed by atoms with Crippen LogP contribution in [0.25, 0.3) is 0 Å². The molecule has 5 rings (SSSR count). The molecule has 200 valence electrons. The van der Waals surface area contributed by atoms with Crippen molar-refractivity contribution in [3.05, 3.63) is 11.6 Å². The van der Waals surface area contributed by atoms with Crippen LogP contribution in [0.3, 0.4) is 0 Å². The highest BCUT2D eigenvalue weighted by Crippen LogP contribution is 2.75. The average molecular weight is 489 g/mol. The van der Waals surface area contributed by atoms with Crippen molar-refractivity contribution >= 4 is 0 Å². The zero-order valence-electron chi connectivity index (χ0n) is 23.5. The topological polar surface area (TPSA) is 69.9 Å². The lowest BCUT2D eigenvalue weighted by Crippen LogP contribution is -2.68. The van der Waals surface area contributed by atoms with E-state index in [0.717, 1.165) is 51.4 Å². The third kappa shape index (κ3) is 3.25. The molecule has 0 aromatic carbocycles. The number of aliphatic hydroxyl groups excluding tert-OH is 3. The van der Waals surface area contributed by atoms with Crippen LogP contribution in [0, 0.1) is 50.2 Å². The fourth-order valence-corrected chi connectivity index (χ4v) is 10.9. The van der Waals surface area contributed by atoms with E-state index in [0.29, 0.717) is 23.9 Å². The number of fused-ring (bicyclic) bond motifs is 7. The van der Waals surface area contributed by atoms with Gasteiger partial charge in [0.05, 0.1) is 18.8 Å². The van der Waals surface area contributed by atoms with Gasteiger partial charge in [-0.1, -0.05) is 53.2 Å². The Kier molecular flexibility index (Phi) is 6.02. The van der Waals surface area contributed by atoms with E-state index >= 15 is 0 Å². The summed E-state index contributed by atoms with van der Waals surface area (Å²) in [5, 5.41) is 32.3. The zero-order chi connectivity index (χ0) is 25.7. The van der Waals surface area contributed by atoms with Gasteiger partial charge >= 0.3 is 0 Å². The molecule has 4 nitrogen and oxygen atoms in total. The standard InChI is InChI=1S/C31H52O4/c1-26(2)12-14-31(19-33)15-13-29(5)20(21(31)17-26)16-22(35-7)25-27(3)10-9-24(34)28(4,18-32)23(27)8-11-30(25,29)6/h16,21-25,32-34H,8-15,17-19H2,1-7H3. The maximum Gasteiger partial charge on any atom is 0.0793 e. The summed E-state index contributed by atoms with van der Waals surface area (Å²) in [7, 11) is 1.88. The summed E-state index contributed by atoms with van der Waals surface area (Å²) in [5.41, 5.74) is 1.63. The summed E-state index contributed by atoms with van der Waals surface area (Å²) in [5.74, 6) is 1.06. The van der Waals surface area contributed by atoms with Crippen LogP contribution in [0.5, 0.6) is 0 Å². The summed E-state index contributed by atoms with van der Waals surface area (Å²) in [6.07, 6.45) is 11.8. The van der Waals surface area contributed by atoms with E-state index in [1.807, 2.05) is 7.11 Å². The third-order valence-corrected chi connectivity index (χ3v) is 13.5. The van der Waals surface area contributed by atoms with Crippen LogP contribution in [0.1, 0.15) is 99.3 Å². The number of rotatable bonds is 3. The van der Waals surface area contributed by atoms with Gasteiger partial charge in [-0.15, -0.1) is 0 Å². The van der Waals surface area contributed by atoms with Crippen LogP contribution in [0.15, 0.2) is 11.6 Å². The Morgan fingerprint density at radius 3 is 2.20 bits per heavy atom. The van der Waals surface area contributed by atoms with Gasteiger partial charge in [-0.25, -0.2) is 0 Å². The highest BCUT2D eigenvalue weighted by atomic mass is 16.5. The summed E-state index contributed by atoms with van der Waals surface area (Å²) in [6, 6.07) is 0. The van der Waals surface area contributed by atoms with Crippen LogP contribution in [-0.2, 0) is 4.74 Å². The second-order valence-electron chi connectivity index (χ2n) is 15.3. The second kappa shape index (κ2) is 8.04. The molecule has 0 radical (unpaired) electrons. The minimum absolute atomic E-state index is 0.00672. The van der Waals surface area contributed by atoms with Crippen molar-refractivity contribution in [1.82, 2.24) is 0 Å². The predicted octanol–water partition coefficient (Wildman–Crippen LogP) is 5.74. The minimum atomic E-state index is -0.455. The normalized spacial score (nSPS) is 55.1. The van der Waals surface area contributed by atoms with Crippen molar-refractivity contribution < 1.29 is 20.1 Å². The Bertz CT molecular complexity index is 881. The van der Waals surface area contributed by atoms with Gasteiger partial charge < -0.3 is 20.1 Å². The number of aliphatic hydroxyl groups is 3. The Morgan fingerprint density at radius 1 is 0.886 bits per heavy atom. The van der Waals surface area contributed by atoms with Gasteiger partial charge in [0.2, 0.25) is 0 Å². The summed E-state index contributed by atoms with van der Waals surface area (Å²) >= 11 is 0.